The van der Waals surface area contributed by atoms with Gasteiger partial charge in [-0.1, -0.05) is 24.3 Å². The standard InChI is InChI=1S/C35H38F3N5O3S/c1-33(2,3)46-30(44)22-45-19-7-6-18-41-26-13-8-23(9-14-26)24-10-15-27(16-11-24)43-32(47)42(31(40)34(43,4)5)28-17-12-25(21-39)29(20-28)35(36,37)38/h8-17,20,40-41H,6-7,18-19,22H2,1-5H3. The molecule has 0 bridgehead atoms. The number of halogens is 3. The van der Waals surface area contributed by atoms with Crippen molar-refractivity contribution >= 4 is 46.2 Å². The van der Waals surface area contributed by atoms with Crippen LogP contribution < -0.4 is 15.1 Å². The van der Waals surface area contributed by atoms with Gasteiger partial charge in [-0.3, -0.25) is 10.3 Å². The topological polar surface area (TPSA) is 102 Å². The smallest absolute Gasteiger partial charge is 0.417 e. The van der Waals surface area contributed by atoms with Crippen LogP contribution in [0.4, 0.5) is 30.2 Å². The maximum absolute atomic E-state index is 13.7. The van der Waals surface area contributed by atoms with Gasteiger partial charge < -0.3 is 19.7 Å². The molecule has 12 heteroatoms. The van der Waals surface area contributed by atoms with Crippen LogP contribution in [0.15, 0.2) is 66.7 Å². The van der Waals surface area contributed by atoms with E-state index in [1.807, 2.05) is 69.3 Å². The van der Waals surface area contributed by atoms with E-state index in [1.165, 1.54) is 11.0 Å². The number of anilines is 3. The second kappa shape index (κ2) is 14.1. The first-order chi connectivity index (χ1) is 22.0. The molecule has 1 heterocycles. The number of hydrogen-bond acceptors (Lipinski definition) is 7. The number of hydrogen-bond donors (Lipinski definition) is 2. The van der Waals surface area contributed by atoms with Crippen molar-refractivity contribution in [2.75, 3.05) is 34.9 Å². The van der Waals surface area contributed by atoms with E-state index in [4.69, 9.17) is 27.1 Å². The number of carbonyl (C=O) groups excluding carboxylic acids is 1. The van der Waals surface area contributed by atoms with E-state index in [1.54, 1.807) is 24.8 Å². The summed E-state index contributed by atoms with van der Waals surface area (Å²) in [6.07, 6.45) is -3.06. The molecule has 0 unspecified atom stereocenters. The molecule has 1 saturated heterocycles. The lowest BCUT2D eigenvalue weighted by Crippen LogP contribution is -2.44. The molecule has 3 aromatic carbocycles. The van der Waals surface area contributed by atoms with Crippen molar-refractivity contribution in [1.82, 2.24) is 0 Å². The van der Waals surface area contributed by atoms with Crippen molar-refractivity contribution in [1.29, 1.82) is 10.7 Å². The van der Waals surface area contributed by atoms with Crippen molar-refractivity contribution in [2.24, 2.45) is 0 Å². The Morgan fingerprint density at radius 2 is 1.57 bits per heavy atom. The van der Waals surface area contributed by atoms with Gasteiger partial charge in [-0.25, -0.2) is 4.79 Å². The number of ether oxygens (including phenoxy) is 2. The zero-order valence-electron chi connectivity index (χ0n) is 27.0. The molecule has 1 fully saturated rings. The number of thiocarbonyl (C=S) groups is 1. The van der Waals surface area contributed by atoms with Crippen LogP contribution in [-0.2, 0) is 20.4 Å². The largest absolute Gasteiger partial charge is 0.458 e. The lowest BCUT2D eigenvalue weighted by molar-refractivity contribution is -0.160. The molecular formula is C35H38F3N5O3S. The molecule has 0 spiro atoms. The summed E-state index contributed by atoms with van der Waals surface area (Å²) < 4.78 is 51.6. The van der Waals surface area contributed by atoms with Gasteiger partial charge in [0.1, 0.15) is 18.0 Å². The van der Waals surface area contributed by atoms with E-state index >= 15 is 0 Å². The van der Waals surface area contributed by atoms with Crippen molar-refractivity contribution in [3.63, 3.8) is 0 Å². The van der Waals surface area contributed by atoms with E-state index < -0.39 is 28.4 Å². The first kappa shape index (κ1) is 35.4. The van der Waals surface area contributed by atoms with E-state index in [0.717, 1.165) is 48.3 Å². The van der Waals surface area contributed by atoms with Crippen LogP contribution in [0.5, 0.6) is 0 Å². The van der Waals surface area contributed by atoms with E-state index in [2.05, 4.69) is 5.32 Å². The maximum atomic E-state index is 13.7. The Morgan fingerprint density at radius 3 is 2.15 bits per heavy atom. The third kappa shape index (κ3) is 8.47. The zero-order valence-corrected chi connectivity index (χ0v) is 27.8. The van der Waals surface area contributed by atoms with Crippen molar-refractivity contribution in [2.45, 2.75) is 64.8 Å². The molecule has 0 aromatic heterocycles. The zero-order chi connectivity index (χ0) is 34.6. The fraction of sp³-hybridized carbons (Fsp3) is 0.371. The molecule has 3 aromatic rings. The molecule has 248 valence electrons. The molecule has 0 aliphatic carbocycles. The highest BCUT2D eigenvalue weighted by atomic mass is 32.1. The number of carbonyl (C=O) groups is 1. The fourth-order valence-electron chi connectivity index (χ4n) is 5.16. The molecule has 1 aliphatic rings. The average molecular weight is 666 g/mol. The predicted octanol–water partition coefficient (Wildman–Crippen LogP) is 8.16. The Bertz CT molecular complexity index is 1660. The van der Waals surface area contributed by atoms with Gasteiger partial charge in [0, 0.05) is 24.5 Å². The number of rotatable bonds is 11. The number of unbranched alkanes of at least 4 members (excludes halogenated alkanes) is 1. The van der Waals surface area contributed by atoms with Crippen LogP contribution in [0, 0.1) is 16.7 Å². The minimum atomic E-state index is -4.73. The van der Waals surface area contributed by atoms with E-state index in [-0.39, 0.29) is 29.2 Å². The first-order valence-electron chi connectivity index (χ1n) is 15.1. The van der Waals surface area contributed by atoms with E-state index in [0.29, 0.717) is 12.3 Å². The fourth-order valence-corrected chi connectivity index (χ4v) is 5.69. The van der Waals surface area contributed by atoms with Crippen LogP contribution in [0.1, 0.15) is 58.6 Å². The summed E-state index contributed by atoms with van der Waals surface area (Å²) in [5.41, 5.74) is 0.634. The number of alkyl halides is 3. The highest BCUT2D eigenvalue weighted by Crippen LogP contribution is 2.40. The Kier molecular flexibility index (Phi) is 10.6. The Morgan fingerprint density at radius 1 is 0.979 bits per heavy atom. The minimum absolute atomic E-state index is 0.0147. The number of esters is 1. The Labute approximate surface area is 278 Å². The number of nitriles is 1. The van der Waals surface area contributed by atoms with Gasteiger partial charge in [0.25, 0.3) is 0 Å². The van der Waals surface area contributed by atoms with Crippen LogP contribution in [0.2, 0.25) is 0 Å². The predicted molar refractivity (Wildman–Crippen MR) is 182 cm³/mol. The summed E-state index contributed by atoms with van der Waals surface area (Å²) in [4.78, 5) is 14.7. The average Bonchev–Trinajstić information content (AvgIpc) is 3.18. The molecule has 4 rings (SSSR count). The summed E-state index contributed by atoms with van der Waals surface area (Å²) in [6.45, 7) is 10.2. The summed E-state index contributed by atoms with van der Waals surface area (Å²) in [5, 5.41) is 21.6. The third-order valence-corrected chi connectivity index (χ3v) is 7.83. The molecule has 1 aliphatic heterocycles. The second-order valence-electron chi connectivity index (χ2n) is 12.6. The van der Waals surface area contributed by atoms with Gasteiger partial charge in [0.15, 0.2) is 5.11 Å². The van der Waals surface area contributed by atoms with Crippen molar-refractivity contribution < 1.29 is 27.4 Å². The third-order valence-electron chi connectivity index (χ3n) is 7.46. The number of benzene rings is 3. The SMILES string of the molecule is CC(C)(C)OC(=O)COCCCCNc1ccc(-c2ccc(N3C(=S)N(c4ccc(C#N)c(C(F)(F)F)c4)C(=N)C3(C)C)cc2)cc1. The van der Waals surface area contributed by atoms with Crippen LogP contribution in [0.25, 0.3) is 11.1 Å². The van der Waals surface area contributed by atoms with Gasteiger partial charge in [-0.2, -0.15) is 18.4 Å². The lowest BCUT2D eigenvalue weighted by Gasteiger charge is -2.30. The monoisotopic (exact) mass is 665 g/mol. The lowest BCUT2D eigenvalue weighted by atomic mass is 10.0. The molecule has 0 saturated carbocycles. The Balaban J connectivity index is 1.36. The summed E-state index contributed by atoms with van der Waals surface area (Å²) in [7, 11) is 0. The van der Waals surface area contributed by atoms with Gasteiger partial charge in [0.05, 0.1) is 28.4 Å². The van der Waals surface area contributed by atoms with Crippen LogP contribution >= 0.6 is 12.2 Å². The van der Waals surface area contributed by atoms with Gasteiger partial charge >= 0.3 is 12.1 Å². The molecule has 0 atom stereocenters. The Hall–Kier alpha value is -4.47. The van der Waals surface area contributed by atoms with Gasteiger partial charge in [-0.15, -0.1) is 0 Å². The molecule has 47 heavy (non-hydrogen) atoms. The molecule has 2 N–H and O–H groups in total. The minimum Gasteiger partial charge on any atom is -0.458 e. The van der Waals surface area contributed by atoms with Gasteiger partial charge in [0.2, 0.25) is 0 Å². The van der Waals surface area contributed by atoms with Crippen molar-refractivity contribution in [3.05, 3.63) is 77.9 Å². The van der Waals surface area contributed by atoms with Gasteiger partial charge in [-0.05, 0) is 113 Å². The number of amidine groups is 1. The summed E-state index contributed by atoms with van der Waals surface area (Å²) in [5.74, 6) is -0.354. The molecule has 8 nitrogen and oxygen atoms in total. The van der Waals surface area contributed by atoms with Crippen LogP contribution in [0.3, 0.4) is 0 Å². The number of nitrogens with zero attached hydrogens (tertiary/aromatic N) is 3. The highest BCUT2D eigenvalue weighted by Gasteiger charge is 2.48. The normalized spacial score (nSPS) is 14.7. The molecule has 0 radical (unpaired) electrons. The summed E-state index contributed by atoms with van der Waals surface area (Å²) >= 11 is 5.71. The number of nitrogens with one attached hydrogen (secondary N) is 2. The van der Waals surface area contributed by atoms with E-state index in [9.17, 15) is 23.2 Å². The van der Waals surface area contributed by atoms with Crippen LogP contribution in [-0.4, -0.2) is 47.8 Å². The molecular weight excluding hydrogens is 627 g/mol. The second-order valence-corrected chi connectivity index (χ2v) is 13.0. The first-order valence-corrected chi connectivity index (χ1v) is 15.5. The molecule has 0 amide bonds. The van der Waals surface area contributed by atoms with Crippen molar-refractivity contribution in [3.8, 4) is 17.2 Å². The highest BCUT2D eigenvalue weighted by molar-refractivity contribution is 7.81. The quantitative estimate of drug-likeness (QED) is 0.120. The maximum Gasteiger partial charge on any atom is 0.417 e. The summed E-state index contributed by atoms with van der Waals surface area (Å²) in [6, 6.07) is 20.5.